The van der Waals surface area contributed by atoms with Crippen LogP contribution in [0.25, 0.3) is 109 Å². The standard InChI is InChI=1S/C52H32N2OS/c1-3-9-33(10-4-1)35-17-21-37(22-18-35)39-25-27-47-45(30-39)44-16-8-15-43(51(44)55-47)41-13-7-14-42(29-41)49-52-50(54-32-53-49)46-31-40(26-28-48(46)56-52)38-23-19-36(20-24-38)34-11-5-2-6-12-34/h1-32H/i1D,2D,3D,4D,5D,6D,7D,8D,9D,10D,11D,12D,13D,14D,15D,16D,17D,18D,19D,20D,21D,22D,23D,24D,25D,27D,29D,30D. The van der Waals surface area contributed by atoms with E-state index in [0.717, 1.165) is 17.7 Å². The van der Waals surface area contributed by atoms with Gasteiger partial charge in [0.15, 0.2) is 0 Å². The Kier molecular flexibility index (Phi) is 3.53. The molecule has 262 valence electrons. The van der Waals surface area contributed by atoms with Gasteiger partial charge in [0.05, 0.1) is 54.3 Å². The molecule has 0 aliphatic heterocycles. The molecule has 0 aliphatic carbocycles. The zero-order valence-corrected chi connectivity index (χ0v) is 28.8. The fraction of sp³-hybridized carbons (Fsp3) is 0. The molecule has 3 heterocycles. The topological polar surface area (TPSA) is 38.9 Å². The number of nitrogens with zero attached hydrogens (tertiary/aromatic N) is 2. The highest BCUT2D eigenvalue weighted by Gasteiger charge is 2.17. The molecule has 0 radical (unpaired) electrons. The Morgan fingerprint density at radius 2 is 1.04 bits per heavy atom. The molecule has 11 aromatic rings. The van der Waals surface area contributed by atoms with Gasteiger partial charge in [-0.25, -0.2) is 9.97 Å². The van der Waals surface area contributed by atoms with Gasteiger partial charge in [0.25, 0.3) is 0 Å². The predicted molar refractivity (Wildman–Crippen MR) is 235 cm³/mol. The molecule has 0 N–H and O–H groups in total. The molecule has 0 fully saturated rings. The lowest BCUT2D eigenvalue weighted by molar-refractivity contribution is 0.670. The predicted octanol–water partition coefficient (Wildman–Crippen LogP) is 14.7. The first-order valence-electron chi connectivity index (χ1n) is 30.5. The number of hydrogen-bond donors (Lipinski definition) is 0. The minimum absolute atomic E-state index is 0.134. The van der Waals surface area contributed by atoms with Gasteiger partial charge >= 0.3 is 0 Å². The fourth-order valence-corrected chi connectivity index (χ4v) is 7.25. The van der Waals surface area contributed by atoms with Crippen molar-refractivity contribution in [3.05, 3.63) is 194 Å². The molecule has 0 saturated heterocycles. The molecule has 0 aliphatic rings. The van der Waals surface area contributed by atoms with E-state index in [1.54, 1.807) is 6.07 Å². The Morgan fingerprint density at radius 1 is 0.446 bits per heavy atom. The van der Waals surface area contributed by atoms with Crippen LogP contribution < -0.4 is 0 Å². The zero-order valence-electron chi connectivity index (χ0n) is 56.0. The van der Waals surface area contributed by atoms with E-state index in [1.165, 1.54) is 12.1 Å². The fourth-order valence-electron chi connectivity index (χ4n) is 6.11. The first-order valence-corrected chi connectivity index (χ1v) is 17.3. The first-order chi connectivity index (χ1) is 39.4. The maximum absolute atomic E-state index is 9.73. The van der Waals surface area contributed by atoms with E-state index < -0.39 is 241 Å². The van der Waals surface area contributed by atoms with E-state index in [4.69, 9.17) is 35.9 Å². The molecular formula is C52H32N2OS. The average molecular weight is 761 g/mol. The normalized spacial score (nSPS) is 18.6. The first kappa shape index (κ1) is 14.8. The second-order valence-electron chi connectivity index (χ2n) is 12.0. The monoisotopic (exact) mass is 760 g/mol. The van der Waals surface area contributed by atoms with Gasteiger partial charge in [-0.3, -0.25) is 0 Å². The molecule has 0 spiro atoms. The molecule has 3 nitrogen and oxygen atoms in total. The van der Waals surface area contributed by atoms with Crippen LogP contribution >= 0.6 is 11.3 Å². The van der Waals surface area contributed by atoms with Crippen molar-refractivity contribution in [1.29, 1.82) is 0 Å². The summed E-state index contributed by atoms with van der Waals surface area (Å²) < 4.78 is 253. The Hall–Kier alpha value is -7.14. The summed E-state index contributed by atoms with van der Waals surface area (Å²) in [5, 5.41) is -0.660. The van der Waals surface area contributed by atoms with Crippen LogP contribution in [0.1, 0.15) is 38.4 Å². The Labute approximate surface area is 367 Å². The van der Waals surface area contributed by atoms with Crippen molar-refractivity contribution in [2.75, 3.05) is 0 Å². The smallest absolute Gasteiger partial charge is 0.143 e. The highest BCUT2D eigenvalue weighted by atomic mass is 32.1. The number of fused-ring (bicyclic) bond motifs is 6. The average Bonchev–Trinajstić information content (AvgIpc) is 1.52. The molecule has 0 amide bonds. The summed E-state index contributed by atoms with van der Waals surface area (Å²) in [6, 6.07) is -17.8. The van der Waals surface area contributed by atoms with Crippen molar-refractivity contribution in [2.45, 2.75) is 0 Å². The lowest BCUT2D eigenvalue weighted by atomic mass is 9.97. The highest BCUT2D eigenvalue weighted by Crippen LogP contribution is 2.42. The van der Waals surface area contributed by atoms with Crippen LogP contribution in [0.2, 0.25) is 0 Å². The molecule has 11 rings (SSSR count). The van der Waals surface area contributed by atoms with Crippen LogP contribution in [0.5, 0.6) is 0 Å². The lowest BCUT2D eigenvalue weighted by Gasteiger charge is -2.07. The quantitative estimate of drug-likeness (QED) is 0.169. The van der Waals surface area contributed by atoms with Crippen molar-refractivity contribution in [1.82, 2.24) is 9.97 Å². The third kappa shape index (κ3) is 5.58. The lowest BCUT2D eigenvalue weighted by Crippen LogP contribution is -1.87. The number of benzene rings is 8. The van der Waals surface area contributed by atoms with Gasteiger partial charge in [-0.15, -0.1) is 11.3 Å². The molecule has 4 heteroatoms. The van der Waals surface area contributed by atoms with Crippen LogP contribution in [0.3, 0.4) is 0 Å². The summed E-state index contributed by atoms with van der Waals surface area (Å²) in [7, 11) is 0. The van der Waals surface area contributed by atoms with Gasteiger partial charge in [-0.2, -0.15) is 0 Å². The summed E-state index contributed by atoms with van der Waals surface area (Å²) >= 11 is 1.04. The molecule has 0 saturated carbocycles. The van der Waals surface area contributed by atoms with Gasteiger partial charge in [0.1, 0.15) is 17.5 Å². The maximum Gasteiger partial charge on any atom is 0.143 e. The SMILES string of the molecule is [2H]c1c([2H])c([2H])c(-c2c([2H])c([2H])c(-c3ccc4sc5c(-c6c([2H])c([2H])c([2H])c(-c7c([2H])c([2H])c([2H])c8c7oc7c([2H])c([2H])c(-c9c([2H])c([2H])c(-c%10c([2H])c([2H])c([2H])c([2H])c%10[2H])c([2H])c9[2H])c([2H])c78)c6[2H])ncnc5c4c3)c([2H])c2[2H])c([2H])c1[2H]. The van der Waals surface area contributed by atoms with E-state index in [2.05, 4.69) is 9.97 Å². The summed E-state index contributed by atoms with van der Waals surface area (Å²) in [6.07, 6.45) is 1.07. The number of furan rings is 1. The summed E-state index contributed by atoms with van der Waals surface area (Å²) in [5.74, 6) is 0. The highest BCUT2D eigenvalue weighted by molar-refractivity contribution is 7.26. The number of thiophene rings is 1. The van der Waals surface area contributed by atoms with Crippen molar-refractivity contribution < 1.29 is 42.8 Å². The van der Waals surface area contributed by atoms with Crippen LogP contribution in [0.4, 0.5) is 0 Å². The van der Waals surface area contributed by atoms with Crippen molar-refractivity contribution in [2.24, 2.45) is 0 Å². The maximum atomic E-state index is 9.73. The second kappa shape index (κ2) is 13.3. The largest absolute Gasteiger partial charge is 0.455 e. The minimum Gasteiger partial charge on any atom is -0.455 e. The molecule has 0 atom stereocenters. The summed E-state index contributed by atoms with van der Waals surface area (Å²) in [5.41, 5.74) is -6.70. The van der Waals surface area contributed by atoms with E-state index in [0.29, 0.717) is 10.1 Å². The molecule has 0 unspecified atom stereocenters. The molecule has 3 aromatic heterocycles. The van der Waals surface area contributed by atoms with Crippen molar-refractivity contribution in [3.8, 4) is 66.9 Å². The number of rotatable bonds is 6. The molecule has 0 bridgehead atoms. The second-order valence-corrected chi connectivity index (χ2v) is 13.0. The van der Waals surface area contributed by atoms with Gasteiger partial charge in [-0.05, 0) is 80.3 Å². The van der Waals surface area contributed by atoms with Crippen LogP contribution in [0.15, 0.2) is 198 Å². The Bertz CT molecular complexity index is 4780. The van der Waals surface area contributed by atoms with E-state index in [-0.39, 0.29) is 27.0 Å². The Balaban J connectivity index is 1.11. The number of para-hydroxylation sites is 1. The van der Waals surface area contributed by atoms with Gasteiger partial charge in [0.2, 0.25) is 0 Å². The van der Waals surface area contributed by atoms with Crippen LogP contribution in [-0.2, 0) is 0 Å². The van der Waals surface area contributed by atoms with E-state index in [9.17, 15) is 6.85 Å². The third-order valence-corrected chi connectivity index (χ3v) is 9.88. The van der Waals surface area contributed by atoms with E-state index in [1.807, 2.05) is 0 Å². The van der Waals surface area contributed by atoms with Crippen LogP contribution in [0, 0.1) is 0 Å². The van der Waals surface area contributed by atoms with Crippen molar-refractivity contribution in [3.63, 3.8) is 0 Å². The van der Waals surface area contributed by atoms with Gasteiger partial charge in [-0.1, -0.05) is 157 Å². The third-order valence-electron chi connectivity index (χ3n) is 8.71. The molecule has 56 heavy (non-hydrogen) atoms. The number of hydrogen-bond acceptors (Lipinski definition) is 4. The summed E-state index contributed by atoms with van der Waals surface area (Å²) in [6.45, 7) is 0. The van der Waals surface area contributed by atoms with Gasteiger partial charge < -0.3 is 4.42 Å². The van der Waals surface area contributed by atoms with Crippen LogP contribution in [-0.4, -0.2) is 9.97 Å². The van der Waals surface area contributed by atoms with Crippen molar-refractivity contribution >= 4 is 53.6 Å². The number of aromatic nitrogens is 2. The summed E-state index contributed by atoms with van der Waals surface area (Å²) in [4.78, 5) is 8.89. The van der Waals surface area contributed by atoms with E-state index >= 15 is 0 Å². The minimum atomic E-state index is -0.952. The molecule has 8 aromatic carbocycles. The zero-order chi connectivity index (χ0) is 61.4. The molecular weight excluding hydrogens is 701 g/mol. The van der Waals surface area contributed by atoms with Gasteiger partial charge in [0, 0.05) is 32.0 Å². The Morgan fingerprint density at radius 3 is 1.75 bits per heavy atom.